The van der Waals surface area contributed by atoms with Crippen molar-refractivity contribution in [3.8, 4) is 0 Å². The molecule has 4 atom stereocenters. The van der Waals surface area contributed by atoms with Crippen molar-refractivity contribution in [3.63, 3.8) is 0 Å². The molecule has 120 valence electrons. The molecule has 1 aliphatic rings. The van der Waals surface area contributed by atoms with Gasteiger partial charge in [-0.2, -0.15) is 0 Å². The fraction of sp³-hybridized carbons (Fsp3) is 0.800. The summed E-state index contributed by atoms with van der Waals surface area (Å²) in [4.78, 5) is 37.1. The Kier molecular flexibility index (Phi) is 6.18. The van der Waals surface area contributed by atoms with Gasteiger partial charge < -0.3 is 14.7 Å². The molecule has 0 spiro atoms. The lowest BCUT2D eigenvalue weighted by molar-refractivity contribution is -0.154. The number of methoxy groups -OCH3 is 1. The standard InChI is InChI=1S/C15H25NO5/c1-5-9(2)11(8-13(17)21-4)14(18)16-10(3)6-7-12(16)15(19)20/h9-12H,5-8H2,1-4H3,(H,19,20)/t9-,10-,11-,12-/m0/s1. The number of carboxylic acid groups (broad SMARTS) is 1. The molecule has 0 aromatic rings. The molecule has 0 aliphatic carbocycles. The Labute approximate surface area is 125 Å². The van der Waals surface area contributed by atoms with Gasteiger partial charge in [0, 0.05) is 6.04 Å². The topological polar surface area (TPSA) is 83.9 Å². The average molecular weight is 299 g/mol. The Morgan fingerprint density at radius 3 is 2.43 bits per heavy atom. The van der Waals surface area contributed by atoms with Crippen LogP contribution in [-0.4, -0.2) is 47.0 Å². The summed E-state index contributed by atoms with van der Waals surface area (Å²) in [6, 6.07) is -0.889. The molecule has 1 N–H and O–H groups in total. The van der Waals surface area contributed by atoms with Crippen molar-refractivity contribution in [2.45, 2.75) is 58.5 Å². The van der Waals surface area contributed by atoms with E-state index >= 15 is 0 Å². The van der Waals surface area contributed by atoms with Gasteiger partial charge in [0.05, 0.1) is 19.4 Å². The molecule has 1 aliphatic heterocycles. The molecular weight excluding hydrogens is 274 g/mol. The van der Waals surface area contributed by atoms with Crippen LogP contribution in [0.2, 0.25) is 0 Å². The zero-order valence-electron chi connectivity index (χ0n) is 13.2. The zero-order valence-corrected chi connectivity index (χ0v) is 13.2. The lowest BCUT2D eigenvalue weighted by Crippen LogP contribution is -2.48. The Morgan fingerprint density at radius 2 is 1.95 bits per heavy atom. The van der Waals surface area contributed by atoms with Crippen molar-refractivity contribution in [2.24, 2.45) is 11.8 Å². The molecule has 0 aromatic carbocycles. The molecule has 1 rings (SSSR count). The number of hydrogen-bond acceptors (Lipinski definition) is 4. The van der Waals surface area contributed by atoms with Gasteiger partial charge in [0.1, 0.15) is 6.04 Å². The van der Waals surface area contributed by atoms with Crippen molar-refractivity contribution < 1.29 is 24.2 Å². The molecule has 1 heterocycles. The molecule has 1 saturated heterocycles. The van der Waals surface area contributed by atoms with Crippen LogP contribution in [0.4, 0.5) is 0 Å². The number of aliphatic carboxylic acids is 1. The number of amides is 1. The summed E-state index contributed by atoms with van der Waals surface area (Å²) < 4.78 is 4.66. The number of hydrogen-bond donors (Lipinski definition) is 1. The summed E-state index contributed by atoms with van der Waals surface area (Å²) in [5.74, 6) is -2.18. The van der Waals surface area contributed by atoms with Gasteiger partial charge in [-0.1, -0.05) is 20.3 Å². The number of carbonyl (C=O) groups is 3. The maximum absolute atomic E-state index is 12.8. The second-order valence-corrected chi connectivity index (χ2v) is 5.80. The number of carbonyl (C=O) groups excluding carboxylic acids is 2. The van der Waals surface area contributed by atoms with Gasteiger partial charge >= 0.3 is 11.9 Å². The fourth-order valence-corrected chi connectivity index (χ4v) is 2.87. The summed E-state index contributed by atoms with van der Waals surface area (Å²) in [5, 5.41) is 9.27. The van der Waals surface area contributed by atoms with Gasteiger partial charge in [-0.05, 0) is 25.7 Å². The van der Waals surface area contributed by atoms with Crippen LogP contribution in [0.1, 0.15) is 46.5 Å². The van der Waals surface area contributed by atoms with Crippen LogP contribution in [-0.2, 0) is 19.1 Å². The minimum absolute atomic E-state index is 0.000100. The molecule has 0 bridgehead atoms. The molecule has 0 aromatic heterocycles. The van der Waals surface area contributed by atoms with Crippen LogP contribution in [0.5, 0.6) is 0 Å². The molecule has 0 unspecified atom stereocenters. The number of ether oxygens (including phenoxy) is 1. The minimum Gasteiger partial charge on any atom is -0.480 e. The van der Waals surface area contributed by atoms with E-state index in [2.05, 4.69) is 4.74 Å². The highest BCUT2D eigenvalue weighted by Crippen LogP contribution is 2.30. The second kappa shape index (κ2) is 7.43. The second-order valence-electron chi connectivity index (χ2n) is 5.80. The Hall–Kier alpha value is -1.59. The van der Waals surface area contributed by atoms with Crippen molar-refractivity contribution >= 4 is 17.8 Å². The maximum Gasteiger partial charge on any atom is 0.326 e. The van der Waals surface area contributed by atoms with Crippen LogP contribution in [0.25, 0.3) is 0 Å². The van der Waals surface area contributed by atoms with E-state index in [1.54, 1.807) is 0 Å². The van der Waals surface area contributed by atoms with E-state index < -0.39 is 23.9 Å². The predicted molar refractivity (Wildman–Crippen MR) is 76.5 cm³/mol. The summed E-state index contributed by atoms with van der Waals surface area (Å²) in [6.07, 6.45) is 1.88. The van der Waals surface area contributed by atoms with Crippen molar-refractivity contribution in [3.05, 3.63) is 0 Å². The lowest BCUT2D eigenvalue weighted by atomic mass is 9.87. The fourth-order valence-electron chi connectivity index (χ4n) is 2.87. The average Bonchev–Trinajstić information content (AvgIpc) is 2.84. The quantitative estimate of drug-likeness (QED) is 0.754. The highest BCUT2D eigenvalue weighted by Gasteiger charge is 2.42. The summed E-state index contributed by atoms with van der Waals surface area (Å²) in [5.41, 5.74) is 0. The molecule has 1 fully saturated rings. The van der Waals surface area contributed by atoms with Gasteiger partial charge in [-0.25, -0.2) is 4.79 Å². The van der Waals surface area contributed by atoms with Crippen molar-refractivity contribution in [1.29, 1.82) is 0 Å². The maximum atomic E-state index is 12.8. The third-order valence-corrected chi connectivity index (χ3v) is 4.47. The normalized spacial score (nSPS) is 24.5. The Bertz CT molecular complexity index is 409. The Balaban J connectivity index is 2.97. The van der Waals surface area contributed by atoms with Gasteiger partial charge in [-0.3, -0.25) is 9.59 Å². The largest absolute Gasteiger partial charge is 0.480 e. The van der Waals surface area contributed by atoms with Crippen LogP contribution >= 0.6 is 0 Å². The van der Waals surface area contributed by atoms with Crippen molar-refractivity contribution in [1.82, 2.24) is 4.90 Å². The highest BCUT2D eigenvalue weighted by atomic mass is 16.5. The molecule has 6 nitrogen and oxygen atoms in total. The number of esters is 1. The number of carboxylic acids is 1. The first kappa shape index (κ1) is 17.5. The third-order valence-electron chi connectivity index (χ3n) is 4.47. The van der Waals surface area contributed by atoms with Crippen LogP contribution in [0.3, 0.4) is 0 Å². The van der Waals surface area contributed by atoms with E-state index in [-0.39, 0.29) is 24.3 Å². The molecule has 1 amide bonds. The first-order chi connectivity index (χ1) is 9.83. The monoisotopic (exact) mass is 299 g/mol. The summed E-state index contributed by atoms with van der Waals surface area (Å²) in [6.45, 7) is 5.71. The van der Waals surface area contributed by atoms with E-state index in [0.717, 1.165) is 6.42 Å². The summed E-state index contributed by atoms with van der Waals surface area (Å²) in [7, 11) is 1.29. The molecule has 6 heteroatoms. The molecule has 0 saturated carbocycles. The highest BCUT2D eigenvalue weighted by molar-refractivity contribution is 5.88. The SMILES string of the molecule is CC[C@H](C)[C@H](CC(=O)OC)C(=O)N1[C@@H](C)CC[C@H]1C(=O)O. The van der Waals surface area contributed by atoms with E-state index in [9.17, 15) is 19.5 Å². The first-order valence-electron chi connectivity index (χ1n) is 7.45. The van der Waals surface area contributed by atoms with E-state index in [0.29, 0.717) is 12.8 Å². The smallest absolute Gasteiger partial charge is 0.326 e. The van der Waals surface area contributed by atoms with Crippen LogP contribution < -0.4 is 0 Å². The minimum atomic E-state index is -0.978. The molecular formula is C15H25NO5. The van der Waals surface area contributed by atoms with Crippen LogP contribution in [0, 0.1) is 11.8 Å². The number of nitrogens with zero attached hydrogens (tertiary/aromatic N) is 1. The van der Waals surface area contributed by atoms with E-state index in [1.165, 1.54) is 12.0 Å². The van der Waals surface area contributed by atoms with E-state index in [4.69, 9.17) is 0 Å². The Morgan fingerprint density at radius 1 is 1.33 bits per heavy atom. The summed E-state index contributed by atoms with van der Waals surface area (Å²) >= 11 is 0. The van der Waals surface area contributed by atoms with Gasteiger partial charge in [0.15, 0.2) is 0 Å². The van der Waals surface area contributed by atoms with Gasteiger partial charge in [0.2, 0.25) is 5.91 Å². The number of rotatable bonds is 6. The third kappa shape index (κ3) is 3.95. The van der Waals surface area contributed by atoms with Gasteiger partial charge in [0.25, 0.3) is 0 Å². The molecule has 0 radical (unpaired) electrons. The lowest BCUT2D eigenvalue weighted by Gasteiger charge is -2.32. The zero-order chi connectivity index (χ0) is 16.2. The predicted octanol–water partition coefficient (Wildman–Crippen LogP) is 1.68. The number of likely N-dealkylation sites (tertiary alicyclic amines) is 1. The first-order valence-corrected chi connectivity index (χ1v) is 7.45. The van der Waals surface area contributed by atoms with E-state index in [1.807, 2.05) is 20.8 Å². The van der Waals surface area contributed by atoms with Crippen LogP contribution in [0.15, 0.2) is 0 Å². The van der Waals surface area contributed by atoms with Gasteiger partial charge in [-0.15, -0.1) is 0 Å². The van der Waals surface area contributed by atoms with Crippen molar-refractivity contribution in [2.75, 3.05) is 7.11 Å². The molecule has 21 heavy (non-hydrogen) atoms.